The maximum absolute atomic E-state index is 10.3. The molecule has 0 aromatic heterocycles. The van der Waals surface area contributed by atoms with Gasteiger partial charge in [0, 0.05) is 6.04 Å². The van der Waals surface area contributed by atoms with Crippen molar-refractivity contribution in [2.75, 3.05) is 6.54 Å². The van der Waals surface area contributed by atoms with E-state index in [2.05, 4.69) is 29.6 Å². The number of hydrogen-bond donors (Lipinski definition) is 2. The number of nitrogens with one attached hydrogen (secondary N) is 1. The lowest BCUT2D eigenvalue weighted by molar-refractivity contribution is 0.137. The first-order valence-electron chi connectivity index (χ1n) is 6.86. The summed E-state index contributed by atoms with van der Waals surface area (Å²) in [4.78, 5) is 0. The average Bonchev–Trinajstić information content (AvgIpc) is 2.80. The van der Waals surface area contributed by atoms with Gasteiger partial charge in [-0.3, -0.25) is 0 Å². The molecule has 1 aromatic carbocycles. The smallest absolute Gasteiger partial charge is 0.0942 e. The second kappa shape index (κ2) is 4.79. The number of aliphatic hydroxyl groups is 1. The lowest BCUT2D eigenvalue weighted by Gasteiger charge is -2.26. The topological polar surface area (TPSA) is 32.3 Å². The Balaban J connectivity index is 1.69. The van der Waals surface area contributed by atoms with Gasteiger partial charge in [-0.2, -0.15) is 0 Å². The fourth-order valence-electron chi connectivity index (χ4n) is 2.92. The molecule has 0 spiro atoms. The summed E-state index contributed by atoms with van der Waals surface area (Å²) in [5.74, 6) is 0.783. The monoisotopic (exact) mass is 231 g/mol. The molecule has 92 valence electrons. The summed E-state index contributed by atoms with van der Waals surface area (Å²) in [5.41, 5.74) is 2.51. The predicted octanol–water partition coefficient (Wildman–Crippen LogP) is 2.74. The van der Waals surface area contributed by atoms with Gasteiger partial charge < -0.3 is 10.4 Å². The van der Waals surface area contributed by atoms with Crippen molar-refractivity contribution >= 4 is 0 Å². The van der Waals surface area contributed by atoms with Crippen molar-refractivity contribution in [3.05, 3.63) is 35.4 Å². The van der Waals surface area contributed by atoms with Gasteiger partial charge in [-0.05, 0) is 49.3 Å². The van der Waals surface area contributed by atoms with E-state index in [4.69, 9.17) is 0 Å². The van der Waals surface area contributed by atoms with E-state index in [0.717, 1.165) is 24.4 Å². The van der Waals surface area contributed by atoms with E-state index in [-0.39, 0.29) is 12.1 Å². The summed E-state index contributed by atoms with van der Waals surface area (Å²) in [7, 11) is 0. The molecule has 0 radical (unpaired) electrons. The van der Waals surface area contributed by atoms with Crippen molar-refractivity contribution in [1.82, 2.24) is 5.32 Å². The van der Waals surface area contributed by atoms with Crippen molar-refractivity contribution in [3.63, 3.8) is 0 Å². The van der Waals surface area contributed by atoms with Gasteiger partial charge in [0.25, 0.3) is 0 Å². The number of hydrogen-bond acceptors (Lipinski definition) is 2. The maximum Gasteiger partial charge on any atom is 0.0942 e. The molecule has 1 aromatic rings. The molecule has 2 fully saturated rings. The Labute approximate surface area is 103 Å². The summed E-state index contributed by atoms with van der Waals surface area (Å²) in [6.45, 7) is 1.04. The minimum Gasteiger partial charge on any atom is -0.387 e. The van der Waals surface area contributed by atoms with Crippen molar-refractivity contribution in [2.45, 2.75) is 50.2 Å². The van der Waals surface area contributed by atoms with Crippen LogP contribution in [-0.2, 0) is 0 Å². The molecule has 1 saturated carbocycles. The van der Waals surface area contributed by atoms with Crippen LogP contribution in [0.3, 0.4) is 0 Å². The lowest BCUT2D eigenvalue weighted by atomic mass is 9.80. The number of benzene rings is 1. The molecule has 2 atom stereocenters. The molecule has 17 heavy (non-hydrogen) atoms. The summed E-state index contributed by atoms with van der Waals surface area (Å²) < 4.78 is 0. The molecule has 3 rings (SSSR count). The van der Waals surface area contributed by atoms with Crippen molar-refractivity contribution in [1.29, 1.82) is 0 Å². The normalized spacial score (nSPS) is 26.8. The van der Waals surface area contributed by atoms with Gasteiger partial charge in [0.2, 0.25) is 0 Å². The predicted molar refractivity (Wildman–Crippen MR) is 69.0 cm³/mol. The highest BCUT2D eigenvalue weighted by Gasteiger charge is 2.24. The van der Waals surface area contributed by atoms with E-state index in [0.29, 0.717) is 0 Å². The highest BCUT2D eigenvalue weighted by atomic mass is 16.3. The highest BCUT2D eigenvalue weighted by molar-refractivity contribution is 5.28. The number of rotatable bonds is 3. The molecule has 2 heteroatoms. The molecule has 1 aliphatic heterocycles. The third-order valence-corrected chi connectivity index (χ3v) is 4.33. The minimum atomic E-state index is -0.340. The van der Waals surface area contributed by atoms with Gasteiger partial charge in [-0.15, -0.1) is 0 Å². The third kappa shape index (κ3) is 2.24. The van der Waals surface area contributed by atoms with Gasteiger partial charge in [-0.25, -0.2) is 0 Å². The maximum atomic E-state index is 10.3. The first-order valence-corrected chi connectivity index (χ1v) is 6.86. The first-order chi connectivity index (χ1) is 8.34. The zero-order chi connectivity index (χ0) is 11.7. The van der Waals surface area contributed by atoms with E-state index >= 15 is 0 Å². The van der Waals surface area contributed by atoms with Crippen LogP contribution < -0.4 is 5.32 Å². The molecular formula is C15H21NO. The van der Waals surface area contributed by atoms with Crippen LogP contribution >= 0.6 is 0 Å². The SMILES string of the molecule is OC(c1ccc(C2CCC2)cc1)C1CCCN1. The van der Waals surface area contributed by atoms with Crippen molar-refractivity contribution in [2.24, 2.45) is 0 Å². The Hall–Kier alpha value is -0.860. The fraction of sp³-hybridized carbons (Fsp3) is 0.600. The van der Waals surface area contributed by atoms with E-state index in [9.17, 15) is 5.11 Å². The van der Waals surface area contributed by atoms with Crippen LogP contribution in [0.5, 0.6) is 0 Å². The largest absolute Gasteiger partial charge is 0.387 e. The fourth-order valence-corrected chi connectivity index (χ4v) is 2.92. The van der Waals surface area contributed by atoms with Crippen LogP contribution in [-0.4, -0.2) is 17.7 Å². The molecule has 0 amide bonds. The standard InChI is InChI=1S/C15H21NO/c17-15(14-5-2-10-16-14)13-8-6-12(7-9-13)11-3-1-4-11/h6-9,11,14-17H,1-5,10H2. The number of aliphatic hydroxyl groups excluding tert-OH is 1. The molecule has 1 saturated heterocycles. The minimum absolute atomic E-state index is 0.254. The molecule has 0 bridgehead atoms. The van der Waals surface area contributed by atoms with E-state index in [1.54, 1.807) is 0 Å². The molecule has 2 nitrogen and oxygen atoms in total. The van der Waals surface area contributed by atoms with Gasteiger partial charge in [0.1, 0.15) is 0 Å². The zero-order valence-electron chi connectivity index (χ0n) is 10.2. The Morgan fingerprint density at radius 1 is 1.06 bits per heavy atom. The first kappa shape index (κ1) is 11.2. The van der Waals surface area contributed by atoms with Crippen LogP contribution in [0.4, 0.5) is 0 Å². The molecule has 2 unspecified atom stereocenters. The van der Waals surface area contributed by atoms with Gasteiger partial charge in [0.15, 0.2) is 0 Å². The second-order valence-corrected chi connectivity index (χ2v) is 5.44. The lowest BCUT2D eigenvalue weighted by Crippen LogP contribution is -2.28. The molecule has 1 aliphatic carbocycles. The Kier molecular flexibility index (Phi) is 3.17. The summed E-state index contributed by atoms with van der Waals surface area (Å²) in [6.07, 6.45) is 5.99. The summed E-state index contributed by atoms with van der Waals surface area (Å²) >= 11 is 0. The van der Waals surface area contributed by atoms with E-state index in [1.807, 2.05) is 0 Å². The van der Waals surface area contributed by atoms with Gasteiger partial charge in [-0.1, -0.05) is 30.7 Å². The van der Waals surface area contributed by atoms with Crippen molar-refractivity contribution < 1.29 is 5.11 Å². The summed E-state index contributed by atoms with van der Waals surface area (Å²) in [5, 5.41) is 13.6. The highest BCUT2D eigenvalue weighted by Crippen LogP contribution is 2.36. The molecule has 1 heterocycles. The van der Waals surface area contributed by atoms with Crippen LogP contribution in [0.2, 0.25) is 0 Å². The molecule has 2 N–H and O–H groups in total. The van der Waals surface area contributed by atoms with Crippen molar-refractivity contribution in [3.8, 4) is 0 Å². The van der Waals surface area contributed by atoms with E-state index < -0.39 is 0 Å². The van der Waals surface area contributed by atoms with E-state index in [1.165, 1.54) is 31.2 Å². The van der Waals surface area contributed by atoms with Crippen LogP contribution in [0.15, 0.2) is 24.3 Å². The zero-order valence-corrected chi connectivity index (χ0v) is 10.2. The average molecular weight is 231 g/mol. The summed E-state index contributed by atoms with van der Waals surface area (Å²) in [6, 6.07) is 8.88. The quantitative estimate of drug-likeness (QED) is 0.838. The second-order valence-electron chi connectivity index (χ2n) is 5.44. The van der Waals surface area contributed by atoms with Gasteiger partial charge in [0.05, 0.1) is 6.10 Å². The Morgan fingerprint density at radius 3 is 2.35 bits per heavy atom. The van der Waals surface area contributed by atoms with Crippen LogP contribution in [0.1, 0.15) is 55.3 Å². The van der Waals surface area contributed by atoms with Crippen LogP contribution in [0.25, 0.3) is 0 Å². The third-order valence-electron chi connectivity index (χ3n) is 4.33. The Morgan fingerprint density at radius 2 is 1.82 bits per heavy atom. The Bertz CT molecular complexity index is 363. The molecule has 2 aliphatic rings. The van der Waals surface area contributed by atoms with Gasteiger partial charge >= 0.3 is 0 Å². The van der Waals surface area contributed by atoms with Crippen LogP contribution in [0, 0.1) is 0 Å². The molecular weight excluding hydrogens is 210 g/mol.